The van der Waals surface area contributed by atoms with E-state index in [0.717, 1.165) is 22.7 Å². The van der Waals surface area contributed by atoms with E-state index in [1.54, 1.807) is 36.1 Å². The van der Waals surface area contributed by atoms with Crippen LogP contribution in [0.2, 0.25) is 0 Å². The summed E-state index contributed by atoms with van der Waals surface area (Å²) >= 11 is 0. The van der Waals surface area contributed by atoms with Gasteiger partial charge in [-0.15, -0.1) is 0 Å². The van der Waals surface area contributed by atoms with Crippen molar-refractivity contribution in [2.45, 2.75) is 13.8 Å². The molecular weight excluding hydrogens is 344 g/mol. The number of methoxy groups -OCH3 is 1. The number of anilines is 2. The largest absolute Gasteiger partial charge is 0.495 e. The second kappa shape index (κ2) is 8.07. The number of hydrogen-bond acceptors (Lipinski definition) is 5. The third-order valence-corrected chi connectivity index (χ3v) is 4.63. The Bertz CT molecular complexity index is 828. The number of benzene rings is 1. The zero-order chi connectivity index (χ0) is 19.4. The molecule has 2 amide bonds. The van der Waals surface area contributed by atoms with Crippen LogP contribution in [0.4, 0.5) is 11.4 Å². The number of pyridine rings is 1. The average molecular weight is 368 g/mol. The molecule has 0 aliphatic carbocycles. The maximum Gasteiger partial charge on any atom is 0.272 e. The summed E-state index contributed by atoms with van der Waals surface area (Å²) < 4.78 is 5.37. The van der Waals surface area contributed by atoms with Crippen molar-refractivity contribution in [3.05, 3.63) is 47.8 Å². The Morgan fingerprint density at radius 1 is 1.07 bits per heavy atom. The fourth-order valence-electron chi connectivity index (χ4n) is 3.06. The van der Waals surface area contributed by atoms with Crippen LogP contribution in [0.25, 0.3) is 0 Å². The van der Waals surface area contributed by atoms with Gasteiger partial charge in [0.15, 0.2) is 0 Å². The Balaban J connectivity index is 1.66. The first-order valence-electron chi connectivity index (χ1n) is 8.90. The molecule has 0 radical (unpaired) electrons. The van der Waals surface area contributed by atoms with Crippen molar-refractivity contribution < 1.29 is 14.3 Å². The molecule has 1 N–H and O–H groups in total. The minimum Gasteiger partial charge on any atom is -0.495 e. The summed E-state index contributed by atoms with van der Waals surface area (Å²) in [6.07, 6.45) is 1.64. The van der Waals surface area contributed by atoms with Gasteiger partial charge in [0.1, 0.15) is 11.4 Å². The molecule has 1 aromatic heterocycles. The summed E-state index contributed by atoms with van der Waals surface area (Å²) in [6.45, 7) is 5.74. The van der Waals surface area contributed by atoms with E-state index in [-0.39, 0.29) is 11.8 Å². The molecule has 0 atom stereocenters. The first kappa shape index (κ1) is 18.7. The van der Waals surface area contributed by atoms with Crippen molar-refractivity contribution in [3.63, 3.8) is 0 Å². The number of nitrogens with zero attached hydrogens (tertiary/aromatic N) is 3. The van der Waals surface area contributed by atoms with E-state index in [4.69, 9.17) is 4.74 Å². The van der Waals surface area contributed by atoms with Crippen LogP contribution in [0.5, 0.6) is 5.75 Å². The Hall–Kier alpha value is -3.09. The predicted octanol–water partition coefficient (Wildman–Crippen LogP) is 2.45. The molecule has 1 aliphatic heterocycles. The van der Waals surface area contributed by atoms with Gasteiger partial charge in [0.05, 0.1) is 24.7 Å². The third kappa shape index (κ3) is 4.36. The van der Waals surface area contributed by atoms with Gasteiger partial charge >= 0.3 is 0 Å². The summed E-state index contributed by atoms with van der Waals surface area (Å²) in [5.41, 5.74) is 3.13. The van der Waals surface area contributed by atoms with Gasteiger partial charge in [-0.25, -0.2) is 4.98 Å². The molecule has 1 aliphatic rings. The molecule has 1 aromatic carbocycles. The Labute approximate surface area is 158 Å². The molecule has 7 heteroatoms. The number of carbonyl (C=O) groups excluding carboxylic acids is 2. The highest BCUT2D eigenvalue weighted by Gasteiger charge is 2.23. The van der Waals surface area contributed by atoms with Gasteiger partial charge < -0.3 is 19.9 Å². The van der Waals surface area contributed by atoms with Crippen molar-refractivity contribution in [2.75, 3.05) is 38.6 Å². The number of piperazine rings is 1. The van der Waals surface area contributed by atoms with E-state index in [0.29, 0.717) is 31.9 Å². The van der Waals surface area contributed by atoms with E-state index >= 15 is 0 Å². The van der Waals surface area contributed by atoms with E-state index in [2.05, 4.69) is 10.3 Å². The normalized spacial score (nSPS) is 14.0. The second-order valence-corrected chi connectivity index (χ2v) is 6.56. The lowest BCUT2D eigenvalue weighted by Crippen LogP contribution is -2.50. The molecule has 1 fully saturated rings. The summed E-state index contributed by atoms with van der Waals surface area (Å²) in [5, 5.41) is 3.27. The fraction of sp³-hybridized carbons (Fsp3) is 0.350. The van der Waals surface area contributed by atoms with Crippen molar-refractivity contribution in [1.82, 2.24) is 14.8 Å². The number of aromatic nitrogens is 1. The lowest BCUT2D eigenvalue weighted by atomic mass is 10.2. The molecule has 142 valence electrons. The minimum absolute atomic E-state index is 0.0437. The van der Waals surface area contributed by atoms with Gasteiger partial charge in [-0.3, -0.25) is 9.59 Å². The summed E-state index contributed by atoms with van der Waals surface area (Å²) in [7, 11) is 1.63. The standard InChI is InChI=1S/C20H24N4O3/c1-14-4-7-19(27-3)18(12-14)22-16-5-6-17(21-13-16)20(26)24-10-8-23(9-11-24)15(2)25/h4-7,12-13,22H,8-11H2,1-3H3. The van der Waals surface area contributed by atoms with E-state index in [1.807, 2.05) is 31.2 Å². The zero-order valence-corrected chi connectivity index (χ0v) is 15.9. The Morgan fingerprint density at radius 3 is 2.37 bits per heavy atom. The van der Waals surface area contributed by atoms with Crippen LogP contribution < -0.4 is 10.1 Å². The highest BCUT2D eigenvalue weighted by molar-refractivity contribution is 5.92. The van der Waals surface area contributed by atoms with Crippen molar-refractivity contribution in [2.24, 2.45) is 0 Å². The zero-order valence-electron chi connectivity index (χ0n) is 15.9. The fourth-order valence-corrected chi connectivity index (χ4v) is 3.06. The predicted molar refractivity (Wildman–Crippen MR) is 103 cm³/mol. The van der Waals surface area contributed by atoms with Crippen LogP contribution in [0.1, 0.15) is 23.0 Å². The molecule has 2 aromatic rings. The van der Waals surface area contributed by atoms with E-state index in [9.17, 15) is 9.59 Å². The monoisotopic (exact) mass is 368 g/mol. The lowest BCUT2D eigenvalue weighted by molar-refractivity contribution is -0.130. The highest BCUT2D eigenvalue weighted by Crippen LogP contribution is 2.28. The number of aryl methyl sites for hydroxylation is 1. The molecule has 0 bridgehead atoms. The number of amides is 2. The van der Waals surface area contributed by atoms with Gasteiger partial charge in [0.25, 0.3) is 5.91 Å². The molecule has 0 spiro atoms. The second-order valence-electron chi connectivity index (χ2n) is 6.56. The van der Waals surface area contributed by atoms with Crippen LogP contribution in [0.3, 0.4) is 0 Å². The van der Waals surface area contributed by atoms with Crippen molar-refractivity contribution in [3.8, 4) is 5.75 Å². The van der Waals surface area contributed by atoms with Crippen LogP contribution in [0, 0.1) is 6.92 Å². The molecule has 7 nitrogen and oxygen atoms in total. The van der Waals surface area contributed by atoms with Gasteiger partial charge in [0.2, 0.25) is 5.91 Å². The maximum atomic E-state index is 12.6. The van der Waals surface area contributed by atoms with Crippen LogP contribution in [-0.4, -0.2) is 59.9 Å². The Morgan fingerprint density at radius 2 is 1.78 bits per heavy atom. The average Bonchev–Trinajstić information content (AvgIpc) is 2.68. The third-order valence-electron chi connectivity index (χ3n) is 4.63. The number of ether oxygens (including phenoxy) is 1. The summed E-state index contributed by atoms with van der Waals surface area (Å²) in [6, 6.07) is 9.42. The molecule has 0 saturated carbocycles. The summed E-state index contributed by atoms with van der Waals surface area (Å²) in [4.78, 5) is 31.8. The number of nitrogens with one attached hydrogen (secondary N) is 1. The molecule has 3 rings (SSSR count). The van der Waals surface area contributed by atoms with Crippen molar-refractivity contribution in [1.29, 1.82) is 0 Å². The minimum atomic E-state index is -0.113. The molecule has 0 unspecified atom stereocenters. The lowest BCUT2D eigenvalue weighted by Gasteiger charge is -2.34. The van der Waals surface area contributed by atoms with Crippen LogP contribution >= 0.6 is 0 Å². The first-order chi connectivity index (χ1) is 13.0. The van der Waals surface area contributed by atoms with E-state index < -0.39 is 0 Å². The first-order valence-corrected chi connectivity index (χ1v) is 8.90. The molecule has 2 heterocycles. The van der Waals surface area contributed by atoms with Crippen molar-refractivity contribution >= 4 is 23.2 Å². The van der Waals surface area contributed by atoms with Gasteiger partial charge in [0, 0.05) is 33.1 Å². The topological polar surface area (TPSA) is 74.8 Å². The summed E-state index contributed by atoms with van der Waals surface area (Å²) in [5.74, 6) is 0.671. The number of hydrogen-bond donors (Lipinski definition) is 1. The molecule has 27 heavy (non-hydrogen) atoms. The maximum absolute atomic E-state index is 12.6. The smallest absolute Gasteiger partial charge is 0.272 e. The SMILES string of the molecule is COc1ccc(C)cc1Nc1ccc(C(=O)N2CCN(C(C)=O)CC2)nc1. The quantitative estimate of drug-likeness (QED) is 0.897. The van der Waals surface area contributed by atoms with E-state index in [1.165, 1.54) is 0 Å². The van der Waals surface area contributed by atoms with Crippen LogP contribution in [0.15, 0.2) is 36.5 Å². The Kier molecular flexibility index (Phi) is 5.59. The number of carbonyl (C=O) groups is 2. The molecule has 1 saturated heterocycles. The van der Waals surface area contributed by atoms with Crippen LogP contribution in [-0.2, 0) is 4.79 Å². The number of rotatable bonds is 4. The highest BCUT2D eigenvalue weighted by atomic mass is 16.5. The van der Waals surface area contributed by atoms with Gasteiger partial charge in [-0.2, -0.15) is 0 Å². The van der Waals surface area contributed by atoms with Gasteiger partial charge in [-0.1, -0.05) is 6.07 Å². The van der Waals surface area contributed by atoms with Gasteiger partial charge in [-0.05, 0) is 36.8 Å². The molecular formula is C20H24N4O3.